The van der Waals surface area contributed by atoms with E-state index in [-0.39, 0.29) is 5.11 Å². The minimum Gasteiger partial charge on any atom is -0.497 e. The van der Waals surface area contributed by atoms with E-state index in [0.717, 1.165) is 12.1 Å². The van der Waals surface area contributed by atoms with E-state index in [1.54, 1.807) is 18.2 Å². The Morgan fingerprint density at radius 1 is 1.07 bits per heavy atom. The number of nitro groups is 1. The zero-order chi connectivity index (χ0) is 20.2. The van der Waals surface area contributed by atoms with Gasteiger partial charge in [0.25, 0.3) is 5.69 Å². The summed E-state index contributed by atoms with van der Waals surface area (Å²) < 4.78 is 49.9. The molecule has 144 valence electrons. The highest BCUT2D eigenvalue weighted by Gasteiger charge is 2.35. The van der Waals surface area contributed by atoms with Crippen molar-refractivity contribution in [3.05, 3.63) is 52.1 Å². The number of methoxy groups -OCH3 is 2. The molecule has 0 spiro atoms. The molecular weight excluding hydrogens is 387 g/mol. The molecule has 0 saturated carbocycles. The molecule has 0 unspecified atom stereocenters. The first kappa shape index (κ1) is 20.2. The van der Waals surface area contributed by atoms with Crippen LogP contribution < -0.4 is 20.1 Å². The minimum absolute atomic E-state index is 0.166. The van der Waals surface area contributed by atoms with Gasteiger partial charge in [-0.05, 0) is 30.4 Å². The number of non-ortho nitro benzene ring substituents is 1. The number of thiocarbonyl (C=S) groups is 1. The van der Waals surface area contributed by atoms with E-state index in [1.807, 2.05) is 0 Å². The Bertz CT molecular complexity index is 874. The summed E-state index contributed by atoms with van der Waals surface area (Å²) >= 11 is 5.05. The average molecular weight is 401 g/mol. The van der Waals surface area contributed by atoms with Crippen LogP contribution >= 0.6 is 12.2 Å². The van der Waals surface area contributed by atoms with Crippen molar-refractivity contribution in [1.29, 1.82) is 0 Å². The second-order valence-corrected chi connectivity index (χ2v) is 5.54. The lowest BCUT2D eigenvalue weighted by Crippen LogP contribution is -2.22. The van der Waals surface area contributed by atoms with E-state index in [2.05, 4.69) is 10.6 Å². The monoisotopic (exact) mass is 401 g/mol. The van der Waals surface area contributed by atoms with Gasteiger partial charge in [0.2, 0.25) is 0 Å². The van der Waals surface area contributed by atoms with Crippen LogP contribution in [0.15, 0.2) is 36.4 Å². The SMILES string of the molecule is COc1ccc(OC)c(NC(=S)Nc2ccc([N+](=O)[O-])cc2C(F)(F)F)c1. The van der Waals surface area contributed by atoms with Crippen molar-refractivity contribution in [3.63, 3.8) is 0 Å². The Kier molecular flexibility index (Phi) is 6.05. The molecule has 0 radical (unpaired) electrons. The van der Waals surface area contributed by atoms with Crippen molar-refractivity contribution in [2.75, 3.05) is 24.9 Å². The first-order valence-electron chi connectivity index (χ1n) is 7.31. The summed E-state index contributed by atoms with van der Waals surface area (Å²) in [6, 6.07) is 7.11. The molecular formula is C16H14F3N3O4S. The molecule has 0 amide bonds. The lowest BCUT2D eigenvalue weighted by Gasteiger charge is -2.17. The second kappa shape index (κ2) is 8.08. The molecule has 0 fully saturated rings. The molecule has 0 aliphatic heterocycles. The van der Waals surface area contributed by atoms with E-state index in [4.69, 9.17) is 21.7 Å². The Hall–Kier alpha value is -3.08. The van der Waals surface area contributed by atoms with Crippen LogP contribution in [0.2, 0.25) is 0 Å². The molecule has 11 heteroatoms. The molecule has 0 heterocycles. The first-order chi connectivity index (χ1) is 12.7. The number of nitrogens with zero attached hydrogens (tertiary/aromatic N) is 1. The van der Waals surface area contributed by atoms with Gasteiger partial charge in [0, 0.05) is 18.2 Å². The molecule has 2 rings (SSSR count). The number of hydrogen-bond donors (Lipinski definition) is 2. The number of rotatable bonds is 5. The van der Waals surface area contributed by atoms with Crippen molar-refractivity contribution in [3.8, 4) is 11.5 Å². The lowest BCUT2D eigenvalue weighted by atomic mass is 10.1. The fraction of sp³-hybridized carbons (Fsp3) is 0.188. The van der Waals surface area contributed by atoms with Crippen LogP contribution in [0.5, 0.6) is 11.5 Å². The Morgan fingerprint density at radius 2 is 1.74 bits per heavy atom. The number of alkyl halides is 3. The highest BCUT2D eigenvalue weighted by Crippen LogP contribution is 2.37. The number of halogens is 3. The first-order valence-corrected chi connectivity index (χ1v) is 7.72. The molecule has 7 nitrogen and oxygen atoms in total. The van der Waals surface area contributed by atoms with Gasteiger partial charge in [-0.15, -0.1) is 0 Å². The van der Waals surface area contributed by atoms with E-state index < -0.39 is 28.0 Å². The van der Waals surface area contributed by atoms with Crippen molar-refractivity contribution < 1.29 is 27.6 Å². The van der Waals surface area contributed by atoms with Gasteiger partial charge in [0.1, 0.15) is 11.5 Å². The molecule has 0 saturated heterocycles. The van der Waals surface area contributed by atoms with Crippen LogP contribution in [0.3, 0.4) is 0 Å². The van der Waals surface area contributed by atoms with Gasteiger partial charge < -0.3 is 20.1 Å². The maximum Gasteiger partial charge on any atom is 0.418 e. The average Bonchev–Trinajstić information content (AvgIpc) is 2.60. The number of anilines is 2. The van der Waals surface area contributed by atoms with Crippen LogP contribution in [-0.4, -0.2) is 24.3 Å². The van der Waals surface area contributed by atoms with E-state index in [0.29, 0.717) is 23.3 Å². The third-order valence-corrected chi connectivity index (χ3v) is 3.63. The van der Waals surface area contributed by atoms with Gasteiger partial charge in [-0.2, -0.15) is 13.2 Å². The van der Waals surface area contributed by atoms with Gasteiger partial charge in [0.15, 0.2) is 5.11 Å². The molecule has 0 bridgehead atoms. The predicted octanol–water partition coefficient (Wildman–Crippen LogP) is 4.44. The number of ether oxygens (including phenoxy) is 2. The molecule has 2 aromatic carbocycles. The Balaban J connectivity index is 2.29. The fourth-order valence-electron chi connectivity index (χ4n) is 2.18. The fourth-order valence-corrected chi connectivity index (χ4v) is 2.40. The molecule has 0 aromatic heterocycles. The third kappa shape index (κ3) is 4.97. The summed E-state index contributed by atoms with van der Waals surface area (Å²) in [7, 11) is 2.87. The highest BCUT2D eigenvalue weighted by molar-refractivity contribution is 7.80. The van der Waals surface area contributed by atoms with Crippen molar-refractivity contribution in [1.82, 2.24) is 0 Å². The van der Waals surface area contributed by atoms with Gasteiger partial charge >= 0.3 is 6.18 Å². The Labute approximate surface area is 157 Å². The second-order valence-electron chi connectivity index (χ2n) is 5.13. The molecule has 0 aliphatic rings. The number of benzene rings is 2. The number of hydrogen-bond acceptors (Lipinski definition) is 5. The Morgan fingerprint density at radius 3 is 2.30 bits per heavy atom. The topological polar surface area (TPSA) is 85.7 Å². The summed E-state index contributed by atoms with van der Waals surface area (Å²) in [4.78, 5) is 9.83. The zero-order valence-corrected chi connectivity index (χ0v) is 14.9. The van der Waals surface area contributed by atoms with E-state index in [9.17, 15) is 23.3 Å². The molecule has 0 atom stereocenters. The van der Waals surface area contributed by atoms with Crippen LogP contribution in [0, 0.1) is 10.1 Å². The molecule has 0 aliphatic carbocycles. The highest BCUT2D eigenvalue weighted by atomic mass is 32.1. The van der Waals surface area contributed by atoms with Crippen molar-refractivity contribution in [2.45, 2.75) is 6.18 Å². The van der Waals surface area contributed by atoms with Gasteiger partial charge in [0.05, 0.1) is 36.1 Å². The quantitative estimate of drug-likeness (QED) is 0.435. The standard InChI is InChI=1S/C16H14F3N3O4S/c1-25-10-4-6-14(26-2)13(8-10)21-15(27)20-12-5-3-9(22(23)24)7-11(12)16(17,18)19/h3-8H,1-2H3,(H2,20,21,27). The molecule has 27 heavy (non-hydrogen) atoms. The van der Waals surface area contributed by atoms with Gasteiger partial charge in [-0.3, -0.25) is 10.1 Å². The maximum atomic E-state index is 13.2. The minimum atomic E-state index is -4.81. The third-order valence-electron chi connectivity index (χ3n) is 3.42. The predicted molar refractivity (Wildman–Crippen MR) is 97.5 cm³/mol. The van der Waals surface area contributed by atoms with Crippen LogP contribution in [0.1, 0.15) is 5.56 Å². The normalized spacial score (nSPS) is 10.9. The van der Waals surface area contributed by atoms with Crippen molar-refractivity contribution in [2.24, 2.45) is 0 Å². The summed E-state index contributed by atoms with van der Waals surface area (Å²) in [5, 5.41) is 15.7. The summed E-state index contributed by atoms with van der Waals surface area (Å²) in [5.74, 6) is 0.868. The summed E-state index contributed by atoms with van der Waals surface area (Å²) in [5.41, 5.74) is -1.95. The van der Waals surface area contributed by atoms with Crippen LogP contribution in [0.25, 0.3) is 0 Å². The largest absolute Gasteiger partial charge is 0.497 e. The smallest absolute Gasteiger partial charge is 0.418 e. The summed E-state index contributed by atoms with van der Waals surface area (Å²) in [6.07, 6.45) is -4.81. The zero-order valence-electron chi connectivity index (χ0n) is 14.1. The maximum absolute atomic E-state index is 13.2. The van der Waals surface area contributed by atoms with E-state index >= 15 is 0 Å². The van der Waals surface area contributed by atoms with Crippen molar-refractivity contribution >= 4 is 34.4 Å². The molecule has 2 aromatic rings. The van der Waals surface area contributed by atoms with Crippen LogP contribution in [0.4, 0.5) is 30.2 Å². The number of nitrogens with one attached hydrogen (secondary N) is 2. The lowest BCUT2D eigenvalue weighted by molar-refractivity contribution is -0.385. The van der Waals surface area contributed by atoms with Crippen LogP contribution in [-0.2, 0) is 6.18 Å². The molecule has 2 N–H and O–H groups in total. The van der Waals surface area contributed by atoms with Gasteiger partial charge in [-0.1, -0.05) is 0 Å². The van der Waals surface area contributed by atoms with E-state index in [1.165, 1.54) is 14.2 Å². The number of nitro benzene ring substituents is 1. The summed E-state index contributed by atoms with van der Waals surface area (Å²) in [6.45, 7) is 0. The van der Waals surface area contributed by atoms with Gasteiger partial charge in [-0.25, -0.2) is 0 Å².